The SMILES string of the molecule is CCCCOc1c(C)c(CC)c(O)c(C)c1CC. The summed E-state index contributed by atoms with van der Waals surface area (Å²) in [5.74, 6) is 1.45. The van der Waals surface area contributed by atoms with E-state index in [1.165, 1.54) is 0 Å². The van der Waals surface area contributed by atoms with Crippen molar-refractivity contribution < 1.29 is 9.84 Å². The van der Waals surface area contributed by atoms with Crippen molar-refractivity contribution in [3.05, 3.63) is 22.3 Å². The average Bonchev–Trinajstić information content (AvgIpc) is 2.36. The first kappa shape index (κ1) is 14.9. The zero-order valence-electron chi connectivity index (χ0n) is 12.4. The second-order valence-electron chi connectivity index (χ2n) is 4.79. The predicted octanol–water partition coefficient (Wildman–Crippen LogP) is 4.31. The van der Waals surface area contributed by atoms with Crippen LogP contribution in [0.4, 0.5) is 0 Å². The lowest BCUT2D eigenvalue weighted by Crippen LogP contribution is -2.06. The van der Waals surface area contributed by atoms with Crippen LogP contribution in [0.5, 0.6) is 11.5 Å². The van der Waals surface area contributed by atoms with Gasteiger partial charge in [-0.15, -0.1) is 0 Å². The number of rotatable bonds is 6. The quantitative estimate of drug-likeness (QED) is 0.762. The topological polar surface area (TPSA) is 29.5 Å². The molecule has 0 fully saturated rings. The molecule has 1 aromatic carbocycles. The van der Waals surface area contributed by atoms with Gasteiger partial charge >= 0.3 is 0 Å². The van der Waals surface area contributed by atoms with E-state index in [1.807, 2.05) is 6.92 Å². The lowest BCUT2D eigenvalue weighted by atomic mass is 9.94. The van der Waals surface area contributed by atoms with Crippen LogP contribution >= 0.6 is 0 Å². The third-order valence-electron chi connectivity index (χ3n) is 3.61. The first-order valence-electron chi connectivity index (χ1n) is 7.04. The molecule has 1 aromatic rings. The summed E-state index contributed by atoms with van der Waals surface area (Å²) in [7, 11) is 0. The van der Waals surface area contributed by atoms with Gasteiger partial charge in [-0.25, -0.2) is 0 Å². The minimum absolute atomic E-state index is 0.453. The summed E-state index contributed by atoms with van der Waals surface area (Å²) in [5, 5.41) is 10.2. The standard InChI is InChI=1S/C16H26O2/c1-6-9-10-18-16-12(5)13(7-2)15(17)11(4)14(16)8-3/h17H,6-10H2,1-5H3. The van der Waals surface area contributed by atoms with Crippen molar-refractivity contribution in [1.82, 2.24) is 0 Å². The molecule has 0 atom stereocenters. The molecule has 0 bridgehead atoms. The van der Waals surface area contributed by atoms with Crippen molar-refractivity contribution in [3.63, 3.8) is 0 Å². The predicted molar refractivity (Wildman–Crippen MR) is 76.7 cm³/mol. The highest BCUT2D eigenvalue weighted by Crippen LogP contribution is 2.38. The summed E-state index contributed by atoms with van der Waals surface area (Å²) in [5.41, 5.74) is 4.26. The van der Waals surface area contributed by atoms with Gasteiger partial charge in [0.25, 0.3) is 0 Å². The summed E-state index contributed by atoms with van der Waals surface area (Å²) in [4.78, 5) is 0. The number of hydrogen-bond donors (Lipinski definition) is 1. The number of phenols is 1. The molecule has 0 saturated heterocycles. The zero-order chi connectivity index (χ0) is 13.7. The zero-order valence-corrected chi connectivity index (χ0v) is 12.4. The normalized spacial score (nSPS) is 10.7. The van der Waals surface area contributed by atoms with E-state index in [1.54, 1.807) is 0 Å². The van der Waals surface area contributed by atoms with Crippen molar-refractivity contribution in [2.75, 3.05) is 6.61 Å². The Balaban J connectivity index is 3.24. The van der Waals surface area contributed by atoms with E-state index >= 15 is 0 Å². The van der Waals surface area contributed by atoms with Crippen molar-refractivity contribution in [2.24, 2.45) is 0 Å². The number of benzene rings is 1. The third kappa shape index (κ3) is 2.80. The number of hydrogen-bond acceptors (Lipinski definition) is 2. The molecule has 0 aromatic heterocycles. The van der Waals surface area contributed by atoms with Crippen molar-refractivity contribution >= 4 is 0 Å². The van der Waals surface area contributed by atoms with Crippen LogP contribution in [0.15, 0.2) is 0 Å². The molecule has 0 aliphatic rings. The van der Waals surface area contributed by atoms with Crippen LogP contribution in [0, 0.1) is 13.8 Å². The Morgan fingerprint density at radius 2 is 1.56 bits per heavy atom. The van der Waals surface area contributed by atoms with E-state index in [0.717, 1.165) is 60.3 Å². The Bertz CT molecular complexity index is 408. The second kappa shape index (κ2) is 6.67. The largest absolute Gasteiger partial charge is 0.507 e. The molecule has 0 spiro atoms. The third-order valence-corrected chi connectivity index (χ3v) is 3.61. The summed E-state index contributed by atoms with van der Waals surface area (Å²) in [6, 6.07) is 0. The molecule has 0 saturated carbocycles. The van der Waals surface area contributed by atoms with Crippen molar-refractivity contribution in [1.29, 1.82) is 0 Å². The van der Waals surface area contributed by atoms with E-state index in [0.29, 0.717) is 5.75 Å². The van der Waals surface area contributed by atoms with E-state index in [2.05, 4.69) is 27.7 Å². The van der Waals surface area contributed by atoms with Gasteiger partial charge in [0.1, 0.15) is 11.5 Å². The van der Waals surface area contributed by atoms with Crippen LogP contribution < -0.4 is 4.74 Å². The van der Waals surface area contributed by atoms with Crippen LogP contribution in [-0.2, 0) is 12.8 Å². The molecular weight excluding hydrogens is 224 g/mol. The van der Waals surface area contributed by atoms with Crippen LogP contribution in [0.2, 0.25) is 0 Å². The maximum Gasteiger partial charge on any atom is 0.126 e. The van der Waals surface area contributed by atoms with Gasteiger partial charge in [0.2, 0.25) is 0 Å². The molecule has 1 N–H and O–H groups in total. The number of unbranched alkanes of at least 4 members (excludes halogenated alkanes) is 1. The lowest BCUT2D eigenvalue weighted by Gasteiger charge is -2.20. The molecule has 0 aliphatic heterocycles. The Kier molecular flexibility index (Phi) is 5.52. The molecule has 102 valence electrons. The molecule has 0 amide bonds. The monoisotopic (exact) mass is 250 g/mol. The van der Waals surface area contributed by atoms with Gasteiger partial charge in [-0.05, 0) is 44.2 Å². The summed E-state index contributed by atoms with van der Waals surface area (Å²) in [6.45, 7) is 11.1. The Morgan fingerprint density at radius 3 is 2.06 bits per heavy atom. The van der Waals surface area contributed by atoms with Crippen LogP contribution in [-0.4, -0.2) is 11.7 Å². The maximum atomic E-state index is 10.2. The second-order valence-corrected chi connectivity index (χ2v) is 4.79. The molecule has 0 aliphatic carbocycles. The first-order valence-corrected chi connectivity index (χ1v) is 7.04. The van der Waals surface area contributed by atoms with Gasteiger partial charge in [0.05, 0.1) is 6.61 Å². The highest BCUT2D eigenvalue weighted by atomic mass is 16.5. The summed E-state index contributed by atoms with van der Waals surface area (Å²) < 4.78 is 5.97. The van der Waals surface area contributed by atoms with E-state index in [4.69, 9.17) is 4.74 Å². The molecule has 2 heteroatoms. The fourth-order valence-electron chi connectivity index (χ4n) is 2.45. The Hall–Kier alpha value is -1.18. The molecule has 0 unspecified atom stereocenters. The molecular formula is C16H26O2. The van der Waals surface area contributed by atoms with E-state index in [-0.39, 0.29) is 0 Å². The number of phenolic OH excluding ortho intramolecular Hbond substituents is 1. The minimum Gasteiger partial charge on any atom is -0.507 e. The van der Waals surface area contributed by atoms with Crippen molar-refractivity contribution in [3.8, 4) is 11.5 Å². The van der Waals surface area contributed by atoms with Gasteiger partial charge in [-0.3, -0.25) is 0 Å². The smallest absolute Gasteiger partial charge is 0.126 e. The molecule has 18 heavy (non-hydrogen) atoms. The fraction of sp³-hybridized carbons (Fsp3) is 0.625. The van der Waals surface area contributed by atoms with Crippen LogP contribution in [0.1, 0.15) is 55.9 Å². The van der Waals surface area contributed by atoms with Gasteiger partial charge < -0.3 is 9.84 Å². The summed E-state index contributed by atoms with van der Waals surface area (Å²) in [6.07, 6.45) is 3.94. The van der Waals surface area contributed by atoms with E-state index in [9.17, 15) is 5.11 Å². The first-order chi connectivity index (χ1) is 8.58. The number of ether oxygens (including phenoxy) is 1. The van der Waals surface area contributed by atoms with Gasteiger partial charge in [0, 0.05) is 11.1 Å². The van der Waals surface area contributed by atoms with Gasteiger partial charge in [0.15, 0.2) is 0 Å². The van der Waals surface area contributed by atoms with Gasteiger partial charge in [-0.1, -0.05) is 27.2 Å². The van der Waals surface area contributed by atoms with Crippen LogP contribution in [0.3, 0.4) is 0 Å². The fourth-order valence-corrected chi connectivity index (χ4v) is 2.45. The molecule has 0 heterocycles. The van der Waals surface area contributed by atoms with Gasteiger partial charge in [-0.2, -0.15) is 0 Å². The lowest BCUT2D eigenvalue weighted by molar-refractivity contribution is 0.303. The minimum atomic E-state index is 0.453. The van der Waals surface area contributed by atoms with Crippen molar-refractivity contribution in [2.45, 2.75) is 60.3 Å². The Labute approximate surface area is 111 Å². The van der Waals surface area contributed by atoms with Crippen LogP contribution in [0.25, 0.3) is 0 Å². The summed E-state index contributed by atoms with van der Waals surface area (Å²) >= 11 is 0. The average molecular weight is 250 g/mol. The molecule has 1 rings (SSSR count). The molecule has 0 radical (unpaired) electrons. The highest BCUT2D eigenvalue weighted by Gasteiger charge is 2.18. The Morgan fingerprint density at radius 1 is 0.944 bits per heavy atom. The molecule has 2 nitrogen and oxygen atoms in total. The highest BCUT2D eigenvalue weighted by molar-refractivity contribution is 5.57. The van der Waals surface area contributed by atoms with E-state index < -0.39 is 0 Å². The number of aromatic hydroxyl groups is 1. The maximum absolute atomic E-state index is 10.2.